The molecule has 0 aliphatic heterocycles. The summed E-state index contributed by atoms with van der Waals surface area (Å²) in [5.74, 6) is 0. The van der Waals surface area contributed by atoms with Gasteiger partial charge in [-0.25, -0.2) is 4.98 Å². The number of nitrogens with zero attached hydrogens (tertiary/aromatic N) is 3. The van der Waals surface area contributed by atoms with E-state index in [0.29, 0.717) is 10.0 Å². The van der Waals surface area contributed by atoms with Gasteiger partial charge in [-0.1, -0.05) is 29.3 Å². The molecule has 0 bridgehead atoms. The van der Waals surface area contributed by atoms with Gasteiger partial charge < -0.3 is 0 Å². The summed E-state index contributed by atoms with van der Waals surface area (Å²) in [6, 6.07) is 5.42. The first-order chi connectivity index (χ1) is 8.27. The SMILES string of the molecule is Clc1cccc(Cl)c1-c1cncc2nccn12. The van der Waals surface area contributed by atoms with Crippen molar-refractivity contribution in [2.75, 3.05) is 0 Å². The molecule has 0 aliphatic rings. The van der Waals surface area contributed by atoms with E-state index in [-0.39, 0.29) is 0 Å². The first-order valence-electron chi connectivity index (χ1n) is 4.99. The summed E-state index contributed by atoms with van der Waals surface area (Å²) in [5, 5.41) is 1.20. The highest BCUT2D eigenvalue weighted by atomic mass is 35.5. The maximum absolute atomic E-state index is 6.19. The smallest absolute Gasteiger partial charge is 0.155 e. The second kappa shape index (κ2) is 4.02. The fraction of sp³-hybridized carbons (Fsp3) is 0. The quantitative estimate of drug-likeness (QED) is 0.670. The molecular formula is C12H7Cl2N3. The molecular weight excluding hydrogens is 257 g/mol. The second-order valence-electron chi connectivity index (χ2n) is 3.54. The van der Waals surface area contributed by atoms with Crippen LogP contribution in [0.25, 0.3) is 16.9 Å². The van der Waals surface area contributed by atoms with E-state index >= 15 is 0 Å². The number of aromatic nitrogens is 3. The van der Waals surface area contributed by atoms with Crippen LogP contribution >= 0.6 is 23.2 Å². The Balaban J connectivity index is 2.38. The van der Waals surface area contributed by atoms with Gasteiger partial charge in [0.1, 0.15) is 0 Å². The van der Waals surface area contributed by atoms with E-state index in [1.165, 1.54) is 0 Å². The van der Waals surface area contributed by atoms with Gasteiger partial charge in [0, 0.05) is 18.0 Å². The van der Waals surface area contributed by atoms with Crippen molar-refractivity contribution >= 4 is 28.8 Å². The van der Waals surface area contributed by atoms with Crippen LogP contribution in [0.5, 0.6) is 0 Å². The molecule has 2 aromatic heterocycles. The summed E-state index contributed by atoms with van der Waals surface area (Å²) in [6.07, 6.45) is 6.98. The van der Waals surface area contributed by atoms with E-state index in [2.05, 4.69) is 9.97 Å². The minimum atomic E-state index is 0.598. The van der Waals surface area contributed by atoms with E-state index in [4.69, 9.17) is 23.2 Å². The van der Waals surface area contributed by atoms with Crippen molar-refractivity contribution in [2.24, 2.45) is 0 Å². The van der Waals surface area contributed by atoms with E-state index in [0.717, 1.165) is 16.9 Å². The van der Waals surface area contributed by atoms with E-state index in [9.17, 15) is 0 Å². The highest BCUT2D eigenvalue weighted by Gasteiger charge is 2.11. The Morgan fingerprint density at radius 1 is 1.06 bits per heavy atom. The highest BCUT2D eigenvalue weighted by molar-refractivity contribution is 6.39. The molecule has 0 fully saturated rings. The number of benzene rings is 1. The Morgan fingerprint density at radius 2 is 1.82 bits per heavy atom. The van der Waals surface area contributed by atoms with Crippen LogP contribution in [0, 0.1) is 0 Å². The molecule has 1 aromatic carbocycles. The average molecular weight is 264 g/mol. The number of hydrogen-bond donors (Lipinski definition) is 0. The average Bonchev–Trinajstić information content (AvgIpc) is 2.77. The standard InChI is InChI=1S/C12H7Cl2N3/c13-8-2-1-3-9(14)12(8)10-6-15-7-11-16-4-5-17(10)11/h1-7H. The van der Waals surface area contributed by atoms with Gasteiger partial charge in [-0.05, 0) is 12.1 Å². The summed E-state index contributed by atoms with van der Waals surface area (Å²) >= 11 is 12.4. The molecule has 0 radical (unpaired) electrons. The second-order valence-corrected chi connectivity index (χ2v) is 4.36. The van der Waals surface area contributed by atoms with Gasteiger partial charge in [-0.15, -0.1) is 0 Å². The molecule has 3 aromatic rings. The van der Waals surface area contributed by atoms with Gasteiger partial charge in [-0.3, -0.25) is 9.38 Å². The summed E-state index contributed by atoms with van der Waals surface area (Å²) < 4.78 is 1.90. The van der Waals surface area contributed by atoms with E-state index in [1.807, 2.05) is 16.7 Å². The van der Waals surface area contributed by atoms with Crippen molar-refractivity contribution in [1.82, 2.24) is 14.4 Å². The zero-order valence-electron chi connectivity index (χ0n) is 8.64. The van der Waals surface area contributed by atoms with Gasteiger partial charge in [-0.2, -0.15) is 0 Å². The maximum Gasteiger partial charge on any atom is 0.155 e. The zero-order valence-corrected chi connectivity index (χ0v) is 10.2. The van der Waals surface area contributed by atoms with Gasteiger partial charge in [0.05, 0.1) is 28.1 Å². The highest BCUT2D eigenvalue weighted by Crippen LogP contribution is 2.34. The summed E-state index contributed by atoms with van der Waals surface area (Å²) in [6.45, 7) is 0. The number of hydrogen-bond acceptors (Lipinski definition) is 2. The van der Waals surface area contributed by atoms with Crippen molar-refractivity contribution in [3.63, 3.8) is 0 Å². The third-order valence-electron chi connectivity index (χ3n) is 2.53. The predicted octanol–water partition coefficient (Wildman–Crippen LogP) is 3.70. The Kier molecular flexibility index (Phi) is 2.50. The molecule has 0 unspecified atom stereocenters. The Bertz CT molecular complexity index is 671. The lowest BCUT2D eigenvalue weighted by Gasteiger charge is -2.08. The molecule has 3 rings (SSSR count). The van der Waals surface area contributed by atoms with Crippen LogP contribution in [-0.2, 0) is 0 Å². The lowest BCUT2D eigenvalue weighted by atomic mass is 10.1. The van der Waals surface area contributed by atoms with Crippen LogP contribution in [0.3, 0.4) is 0 Å². The van der Waals surface area contributed by atoms with E-state index < -0.39 is 0 Å². The van der Waals surface area contributed by atoms with Gasteiger partial charge >= 0.3 is 0 Å². The lowest BCUT2D eigenvalue weighted by Crippen LogP contribution is -1.93. The lowest BCUT2D eigenvalue weighted by molar-refractivity contribution is 1.13. The molecule has 0 aliphatic carbocycles. The molecule has 5 heteroatoms. The molecule has 2 heterocycles. The summed E-state index contributed by atoms with van der Waals surface area (Å²) in [7, 11) is 0. The van der Waals surface area contributed by atoms with Crippen molar-refractivity contribution < 1.29 is 0 Å². The van der Waals surface area contributed by atoms with Crippen LogP contribution in [0.15, 0.2) is 43.0 Å². The van der Waals surface area contributed by atoms with Crippen molar-refractivity contribution in [3.8, 4) is 11.3 Å². The maximum atomic E-state index is 6.19. The Labute approximate surface area is 108 Å². The fourth-order valence-corrected chi connectivity index (χ4v) is 2.37. The molecule has 84 valence electrons. The zero-order chi connectivity index (χ0) is 11.8. The summed E-state index contributed by atoms with van der Waals surface area (Å²) in [4.78, 5) is 8.32. The molecule has 17 heavy (non-hydrogen) atoms. The minimum absolute atomic E-state index is 0.598. The molecule has 0 amide bonds. The molecule has 0 N–H and O–H groups in total. The van der Waals surface area contributed by atoms with E-state index in [1.54, 1.807) is 30.7 Å². The third kappa shape index (κ3) is 1.68. The first-order valence-corrected chi connectivity index (χ1v) is 5.74. The minimum Gasteiger partial charge on any atom is -0.297 e. The van der Waals surface area contributed by atoms with Crippen molar-refractivity contribution in [2.45, 2.75) is 0 Å². The van der Waals surface area contributed by atoms with Crippen LogP contribution in [0.2, 0.25) is 10.0 Å². The topological polar surface area (TPSA) is 30.2 Å². The Hall–Kier alpha value is -1.58. The summed E-state index contributed by atoms with van der Waals surface area (Å²) in [5.41, 5.74) is 2.36. The molecule has 0 atom stereocenters. The number of halogens is 2. The van der Waals surface area contributed by atoms with Crippen LogP contribution < -0.4 is 0 Å². The molecule has 0 spiro atoms. The number of fused-ring (bicyclic) bond motifs is 1. The number of imidazole rings is 1. The van der Waals surface area contributed by atoms with Gasteiger partial charge in [0.15, 0.2) is 5.65 Å². The van der Waals surface area contributed by atoms with Crippen LogP contribution in [-0.4, -0.2) is 14.4 Å². The largest absolute Gasteiger partial charge is 0.297 e. The third-order valence-corrected chi connectivity index (χ3v) is 3.16. The Morgan fingerprint density at radius 3 is 2.59 bits per heavy atom. The van der Waals surface area contributed by atoms with Gasteiger partial charge in [0.25, 0.3) is 0 Å². The monoisotopic (exact) mass is 263 g/mol. The first kappa shape index (κ1) is 10.6. The fourth-order valence-electron chi connectivity index (χ4n) is 1.78. The molecule has 3 nitrogen and oxygen atoms in total. The van der Waals surface area contributed by atoms with Crippen molar-refractivity contribution in [1.29, 1.82) is 0 Å². The molecule has 0 saturated carbocycles. The molecule has 0 saturated heterocycles. The number of rotatable bonds is 1. The van der Waals surface area contributed by atoms with Crippen LogP contribution in [0.4, 0.5) is 0 Å². The van der Waals surface area contributed by atoms with Crippen molar-refractivity contribution in [3.05, 3.63) is 53.0 Å². The van der Waals surface area contributed by atoms with Crippen LogP contribution in [0.1, 0.15) is 0 Å². The predicted molar refractivity (Wildman–Crippen MR) is 68.4 cm³/mol. The normalized spacial score (nSPS) is 10.9. The van der Waals surface area contributed by atoms with Gasteiger partial charge in [0.2, 0.25) is 0 Å².